The smallest absolute Gasteiger partial charge is 0.246 e. The molecule has 7 nitrogen and oxygen atoms in total. The molecule has 2 saturated heterocycles. The summed E-state index contributed by atoms with van der Waals surface area (Å²) < 4.78 is 6.39. The van der Waals surface area contributed by atoms with Crippen LogP contribution in [0.3, 0.4) is 0 Å². The maximum absolute atomic E-state index is 13.9. The van der Waals surface area contributed by atoms with E-state index in [2.05, 4.69) is 24.5 Å². The molecule has 3 aliphatic heterocycles. The van der Waals surface area contributed by atoms with E-state index in [4.69, 9.17) is 27.9 Å². The zero-order chi connectivity index (χ0) is 25.6. The minimum absolute atomic E-state index is 0.109. The molecule has 4 aliphatic rings. The van der Waals surface area contributed by atoms with Crippen molar-refractivity contribution in [1.29, 1.82) is 0 Å². The van der Waals surface area contributed by atoms with Crippen molar-refractivity contribution < 1.29 is 19.1 Å². The Morgan fingerprint density at radius 3 is 2.47 bits per heavy atom. The Kier molecular flexibility index (Phi) is 7.09. The molecule has 36 heavy (non-hydrogen) atoms. The predicted octanol–water partition coefficient (Wildman–Crippen LogP) is 4.58. The fourth-order valence-corrected chi connectivity index (χ4v) is 6.81. The lowest BCUT2D eigenvalue weighted by atomic mass is 9.74. The largest absolute Gasteiger partial charge is 0.359 e. The van der Waals surface area contributed by atoms with Crippen molar-refractivity contribution in [3.8, 4) is 0 Å². The summed E-state index contributed by atoms with van der Waals surface area (Å²) in [6.07, 6.45) is 9.11. The van der Waals surface area contributed by atoms with Crippen molar-refractivity contribution in [1.82, 2.24) is 10.2 Å². The molecular formula is C27H33Cl2N3O4. The Morgan fingerprint density at radius 2 is 1.81 bits per heavy atom. The van der Waals surface area contributed by atoms with Crippen molar-refractivity contribution in [2.45, 2.75) is 76.2 Å². The molecule has 3 heterocycles. The quantitative estimate of drug-likeness (QED) is 0.502. The van der Waals surface area contributed by atoms with Crippen molar-refractivity contribution in [3.63, 3.8) is 0 Å². The second kappa shape index (κ2) is 9.99. The molecule has 0 aromatic heterocycles. The van der Waals surface area contributed by atoms with Crippen LogP contribution in [0.5, 0.6) is 0 Å². The molecule has 5 atom stereocenters. The number of halogens is 2. The number of ether oxygens (including phenoxy) is 1. The monoisotopic (exact) mass is 533 g/mol. The topological polar surface area (TPSA) is 87.7 Å². The van der Waals surface area contributed by atoms with Gasteiger partial charge in [-0.15, -0.1) is 0 Å². The van der Waals surface area contributed by atoms with Crippen LogP contribution in [0.1, 0.15) is 52.4 Å². The van der Waals surface area contributed by atoms with Gasteiger partial charge in [0.15, 0.2) is 0 Å². The molecule has 5 unspecified atom stereocenters. The Balaban J connectivity index is 1.43. The number of carbonyl (C=O) groups excluding carboxylic acids is 3. The Labute approximate surface area is 221 Å². The zero-order valence-corrected chi connectivity index (χ0v) is 22.1. The summed E-state index contributed by atoms with van der Waals surface area (Å²) in [4.78, 5) is 42.8. The summed E-state index contributed by atoms with van der Waals surface area (Å²) >= 11 is 12.2. The molecule has 2 bridgehead atoms. The van der Waals surface area contributed by atoms with Gasteiger partial charge >= 0.3 is 0 Å². The van der Waals surface area contributed by atoms with Gasteiger partial charge in [-0.25, -0.2) is 0 Å². The van der Waals surface area contributed by atoms with E-state index in [0.717, 1.165) is 32.1 Å². The molecule has 9 heteroatoms. The van der Waals surface area contributed by atoms with E-state index < -0.39 is 29.6 Å². The summed E-state index contributed by atoms with van der Waals surface area (Å²) in [5, 5.41) is 6.87. The van der Waals surface area contributed by atoms with Crippen LogP contribution in [0.25, 0.3) is 0 Å². The number of anilines is 1. The lowest BCUT2D eigenvalue weighted by Crippen LogP contribution is -2.56. The van der Waals surface area contributed by atoms with Crippen LogP contribution < -0.4 is 10.6 Å². The van der Waals surface area contributed by atoms with Crippen LogP contribution >= 0.6 is 23.2 Å². The second-order valence-corrected chi connectivity index (χ2v) is 11.8. The molecule has 3 amide bonds. The lowest BCUT2D eigenvalue weighted by molar-refractivity contribution is -0.141. The molecule has 5 rings (SSSR count). The van der Waals surface area contributed by atoms with Gasteiger partial charge in [0, 0.05) is 28.3 Å². The summed E-state index contributed by atoms with van der Waals surface area (Å²) in [6, 6.07) is 4.11. The summed E-state index contributed by atoms with van der Waals surface area (Å²) in [7, 11) is 0. The minimum Gasteiger partial charge on any atom is -0.359 e. The van der Waals surface area contributed by atoms with Crippen molar-refractivity contribution >= 4 is 46.6 Å². The number of nitrogens with zero attached hydrogens (tertiary/aromatic N) is 1. The normalized spacial score (nSPS) is 31.2. The van der Waals surface area contributed by atoms with Gasteiger partial charge in [-0.1, -0.05) is 68.5 Å². The Hall–Kier alpha value is -2.09. The van der Waals surface area contributed by atoms with Crippen LogP contribution in [0.2, 0.25) is 10.0 Å². The first kappa shape index (κ1) is 25.6. The van der Waals surface area contributed by atoms with Gasteiger partial charge in [0.25, 0.3) is 0 Å². The van der Waals surface area contributed by atoms with Crippen molar-refractivity contribution in [3.05, 3.63) is 40.4 Å². The number of rotatable bonds is 7. The first-order valence-corrected chi connectivity index (χ1v) is 13.7. The third-order valence-electron chi connectivity index (χ3n) is 7.95. The molecular weight excluding hydrogens is 501 g/mol. The van der Waals surface area contributed by atoms with Gasteiger partial charge in [-0.05, 0) is 43.4 Å². The summed E-state index contributed by atoms with van der Waals surface area (Å²) in [5.74, 6) is -1.90. The molecule has 2 N–H and O–H groups in total. The van der Waals surface area contributed by atoms with Gasteiger partial charge in [0.2, 0.25) is 17.7 Å². The van der Waals surface area contributed by atoms with E-state index in [1.54, 1.807) is 23.1 Å². The number of fused-ring (bicyclic) bond motifs is 1. The molecule has 1 aliphatic carbocycles. The average Bonchev–Trinajstić information content (AvgIpc) is 3.45. The van der Waals surface area contributed by atoms with Gasteiger partial charge < -0.3 is 20.3 Å². The minimum atomic E-state index is -1.15. The summed E-state index contributed by atoms with van der Waals surface area (Å²) in [5.41, 5.74) is -0.696. The average molecular weight is 534 g/mol. The van der Waals surface area contributed by atoms with E-state index in [9.17, 15) is 14.4 Å². The number of hydrogen-bond donors (Lipinski definition) is 2. The van der Waals surface area contributed by atoms with Gasteiger partial charge in [0.1, 0.15) is 11.6 Å². The van der Waals surface area contributed by atoms with Crippen LogP contribution in [0.15, 0.2) is 30.4 Å². The van der Waals surface area contributed by atoms with Crippen molar-refractivity contribution in [2.24, 2.45) is 17.8 Å². The first-order valence-electron chi connectivity index (χ1n) is 12.9. The van der Waals surface area contributed by atoms with Crippen LogP contribution in [0, 0.1) is 17.8 Å². The van der Waals surface area contributed by atoms with Crippen LogP contribution in [-0.2, 0) is 19.1 Å². The maximum Gasteiger partial charge on any atom is 0.246 e. The molecule has 0 radical (unpaired) electrons. The van der Waals surface area contributed by atoms with Crippen LogP contribution in [0.4, 0.5) is 5.69 Å². The number of benzene rings is 1. The Morgan fingerprint density at radius 1 is 1.11 bits per heavy atom. The third kappa shape index (κ3) is 4.54. The van der Waals surface area contributed by atoms with E-state index in [-0.39, 0.29) is 23.8 Å². The second-order valence-electron chi connectivity index (χ2n) is 10.9. The Bertz CT molecular complexity index is 1070. The molecule has 1 spiro atoms. The number of likely N-dealkylation sites (tertiary alicyclic amines) is 1. The van der Waals surface area contributed by atoms with Crippen molar-refractivity contribution in [2.75, 3.05) is 11.9 Å². The SMILES string of the molecule is CC(C)CCN1C(=O)C2C(C(=O)Nc3cc(Cl)cc(Cl)c3)C3C=CC2(O3)C1C(=O)NC1CCCCC1. The van der Waals surface area contributed by atoms with E-state index in [1.807, 2.05) is 12.2 Å². The number of carbonyl (C=O) groups is 3. The van der Waals surface area contributed by atoms with E-state index in [0.29, 0.717) is 28.2 Å². The van der Waals surface area contributed by atoms with Crippen LogP contribution in [-0.4, -0.2) is 53.0 Å². The lowest BCUT2D eigenvalue weighted by Gasteiger charge is -2.34. The number of amides is 3. The standard InChI is InChI=1S/C27H33Cl2N3O4/c1-15(2)9-11-32-23(25(34)30-18-6-4-3-5-7-18)27-10-8-20(36-27)21(22(27)26(32)35)24(33)31-19-13-16(28)12-17(29)14-19/h8,10,12-15,18,20-23H,3-7,9,11H2,1-2H3,(H,30,34)(H,31,33). The number of hydrogen-bond acceptors (Lipinski definition) is 4. The van der Waals surface area contributed by atoms with Gasteiger partial charge in [0.05, 0.1) is 17.9 Å². The fourth-order valence-electron chi connectivity index (χ4n) is 6.28. The number of nitrogens with one attached hydrogen (secondary N) is 2. The maximum atomic E-state index is 13.9. The molecule has 1 saturated carbocycles. The molecule has 194 valence electrons. The highest BCUT2D eigenvalue weighted by atomic mass is 35.5. The van der Waals surface area contributed by atoms with E-state index in [1.165, 1.54) is 6.42 Å². The highest BCUT2D eigenvalue weighted by Gasteiger charge is 2.72. The van der Waals surface area contributed by atoms with Gasteiger partial charge in [-0.2, -0.15) is 0 Å². The fraction of sp³-hybridized carbons (Fsp3) is 0.593. The molecule has 3 fully saturated rings. The van der Waals surface area contributed by atoms with E-state index >= 15 is 0 Å². The summed E-state index contributed by atoms with van der Waals surface area (Å²) in [6.45, 7) is 4.62. The first-order chi connectivity index (χ1) is 17.2. The zero-order valence-electron chi connectivity index (χ0n) is 20.6. The highest BCUT2D eigenvalue weighted by molar-refractivity contribution is 6.35. The predicted molar refractivity (Wildman–Crippen MR) is 139 cm³/mol. The highest BCUT2D eigenvalue weighted by Crippen LogP contribution is 2.55. The third-order valence-corrected chi connectivity index (χ3v) is 8.39. The molecule has 1 aromatic carbocycles. The molecule has 1 aromatic rings. The van der Waals surface area contributed by atoms with Gasteiger partial charge in [-0.3, -0.25) is 14.4 Å².